The molecule has 2 aromatic carbocycles. The van der Waals surface area contributed by atoms with Gasteiger partial charge in [-0.15, -0.1) is 0 Å². The molecule has 210 valence electrons. The van der Waals surface area contributed by atoms with Crippen LogP contribution in [0, 0.1) is 11.6 Å². The number of benzene rings is 2. The van der Waals surface area contributed by atoms with Crippen LogP contribution in [0.1, 0.15) is 19.8 Å². The van der Waals surface area contributed by atoms with Gasteiger partial charge in [0.2, 0.25) is 17.8 Å². The lowest BCUT2D eigenvalue weighted by Crippen LogP contribution is -2.35. The van der Waals surface area contributed by atoms with E-state index in [4.69, 9.17) is 9.84 Å². The van der Waals surface area contributed by atoms with Gasteiger partial charge in [-0.1, -0.05) is 13.0 Å². The van der Waals surface area contributed by atoms with Crippen LogP contribution in [0.3, 0.4) is 0 Å². The van der Waals surface area contributed by atoms with Crippen molar-refractivity contribution in [3.05, 3.63) is 66.6 Å². The minimum Gasteiger partial charge on any atom is -0.493 e. The molecule has 0 aliphatic heterocycles. The van der Waals surface area contributed by atoms with E-state index in [9.17, 15) is 18.4 Å². The van der Waals surface area contributed by atoms with Crippen molar-refractivity contribution in [1.29, 1.82) is 0 Å². The highest BCUT2D eigenvalue weighted by molar-refractivity contribution is 5.90. The molecule has 0 atom stereocenters. The first-order chi connectivity index (χ1) is 19.4. The Balaban J connectivity index is 1.32. The van der Waals surface area contributed by atoms with Gasteiger partial charge in [-0.25, -0.2) is 18.7 Å². The molecule has 4 rings (SSSR count). The van der Waals surface area contributed by atoms with Gasteiger partial charge in [0.1, 0.15) is 18.9 Å². The Morgan fingerprint density at radius 3 is 2.80 bits per heavy atom. The molecule has 0 spiro atoms. The fourth-order valence-electron chi connectivity index (χ4n) is 3.91. The molecule has 40 heavy (non-hydrogen) atoms. The quantitative estimate of drug-likeness (QED) is 0.214. The van der Waals surface area contributed by atoms with E-state index in [1.807, 2.05) is 19.1 Å². The molecule has 2 heterocycles. The molecule has 3 N–H and O–H groups in total. The summed E-state index contributed by atoms with van der Waals surface area (Å²) in [4.78, 5) is 34.5. The Kier molecular flexibility index (Phi) is 9.52. The Morgan fingerprint density at radius 2 is 2.00 bits per heavy atom. The summed E-state index contributed by atoms with van der Waals surface area (Å²) in [6.07, 6.45) is 6.11. The summed E-state index contributed by atoms with van der Waals surface area (Å²) in [6.45, 7) is 2.71. The minimum absolute atomic E-state index is 0.221. The highest BCUT2D eigenvalue weighted by atomic mass is 19.2. The zero-order valence-electron chi connectivity index (χ0n) is 21.8. The third-order valence-electron chi connectivity index (χ3n) is 5.80. The van der Waals surface area contributed by atoms with Crippen LogP contribution in [0.4, 0.5) is 26.1 Å². The molecule has 0 fully saturated rings. The molecule has 2 aromatic heterocycles. The third kappa shape index (κ3) is 7.47. The number of hydrogen-bond acceptors (Lipinski definition) is 8. The number of hydrogen-bond donors (Lipinski definition) is 3. The minimum atomic E-state index is -1.13. The fourth-order valence-corrected chi connectivity index (χ4v) is 3.91. The molecule has 2 amide bonds. The van der Waals surface area contributed by atoms with Crippen molar-refractivity contribution in [2.24, 2.45) is 0 Å². The molecular formula is C27H29F2N7O4. The number of aliphatic hydroxyl groups excluding tert-OH is 1. The molecule has 0 aliphatic rings. The topological polar surface area (TPSA) is 134 Å². The van der Waals surface area contributed by atoms with Gasteiger partial charge in [-0.05, 0) is 37.1 Å². The van der Waals surface area contributed by atoms with Crippen molar-refractivity contribution in [2.45, 2.75) is 26.3 Å². The second kappa shape index (κ2) is 13.4. The Labute approximate surface area is 228 Å². The van der Waals surface area contributed by atoms with Gasteiger partial charge in [0.05, 0.1) is 29.7 Å². The Hall–Kier alpha value is -4.65. The normalized spacial score (nSPS) is 10.9. The number of aromatic nitrogens is 4. The van der Waals surface area contributed by atoms with E-state index in [-0.39, 0.29) is 18.1 Å². The number of amides is 2. The molecular weight excluding hydrogens is 524 g/mol. The van der Waals surface area contributed by atoms with Gasteiger partial charge in [-0.3, -0.25) is 14.3 Å². The first kappa shape index (κ1) is 28.4. The van der Waals surface area contributed by atoms with E-state index < -0.39 is 24.1 Å². The predicted octanol–water partition coefficient (Wildman–Crippen LogP) is 3.49. The second-order valence-electron chi connectivity index (χ2n) is 8.86. The van der Waals surface area contributed by atoms with E-state index in [1.165, 1.54) is 23.0 Å². The first-order valence-electron chi connectivity index (χ1n) is 12.7. The summed E-state index contributed by atoms with van der Waals surface area (Å²) in [7, 11) is 0. The van der Waals surface area contributed by atoms with Crippen molar-refractivity contribution >= 4 is 40.0 Å². The summed E-state index contributed by atoms with van der Waals surface area (Å²) in [6, 6.07) is 8.96. The van der Waals surface area contributed by atoms with Crippen molar-refractivity contribution in [2.75, 3.05) is 36.9 Å². The Bertz CT molecular complexity index is 1480. The molecule has 4 aromatic rings. The number of anilines is 3. The number of ether oxygens (including phenoxy) is 1. The first-order valence-corrected chi connectivity index (χ1v) is 12.7. The largest absolute Gasteiger partial charge is 0.493 e. The van der Waals surface area contributed by atoms with Gasteiger partial charge in [0.25, 0.3) is 0 Å². The zero-order chi connectivity index (χ0) is 28.5. The van der Waals surface area contributed by atoms with Crippen molar-refractivity contribution in [1.82, 2.24) is 24.6 Å². The lowest BCUT2D eigenvalue weighted by Gasteiger charge is -2.21. The number of nitrogens with zero attached hydrogens (tertiary/aromatic N) is 5. The highest BCUT2D eigenvalue weighted by Gasteiger charge is 2.13. The van der Waals surface area contributed by atoms with Gasteiger partial charge in [0.15, 0.2) is 11.6 Å². The molecule has 13 heteroatoms. The molecule has 11 nitrogen and oxygen atoms in total. The average molecular weight is 554 g/mol. The zero-order valence-corrected chi connectivity index (χ0v) is 21.8. The highest BCUT2D eigenvalue weighted by Crippen LogP contribution is 2.22. The number of carbonyl (C=O) groups is 2. The standard InChI is InChI=1S/C27H29F2N7O4/c1-2-9-35(25(39)17-37)10-4-11-40-20-8-7-18-13-30-27(34-23(18)12-20)32-19-14-31-36(15-19)16-24(38)33-22-6-3-5-21(28)26(22)29/h3,5-8,12-15,37H,2,4,9-11,16-17H2,1H3,(H,33,38)(H,30,32,34). The number of rotatable bonds is 13. The molecule has 0 saturated carbocycles. The number of aliphatic hydroxyl groups is 1. The van der Waals surface area contributed by atoms with Crippen LogP contribution in [0.25, 0.3) is 10.9 Å². The van der Waals surface area contributed by atoms with Crippen molar-refractivity contribution in [3.63, 3.8) is 0 Å². The molecule has 0 bridgehead atoms. The van der Waals surface area contributed by atoms with Crippen LogP contribution in [-0.4, -0.2) is 67.9 Å². The predicted molar refractivity (Wildman–Crippen MR) is 144 cm³/mol. The molecule has 0 radical (unpaired) electrons. The summed E-state index contributed by atoms with van der Waals surface area (Å²) < 4.78 is 34.3. The maximum atomic E-state index is 13.8. The van der Waals surface area contributed by atoms with Gasteiger partial charge < -0.3 is 25.4 Å². The summed E-state index contributed by atoms with van der Waals surface area (Å²) in [5.41, 5.74) is 0.909. The van der Waals surface area contributed by atoms with E-state index in [1.54, 1.807) is 23.4 Å². The summed E-state index contributed by atoms with van der Waals surface area (Å²) >= 11 is 0. The number of nitrogens with one attached hydrogen (secondary N) is 2. The van der Waals surface area contributed by atoms with Crippen molar-refractivity contribution < 1.29 is 28.2 Å². The van der Waals surface area contributed by atoms with Gasteiger partial charge >= 0.3 is 0 Å². The van der Waals surface area contributed by atoms with E-state index >= 15 is 0 Å². The van der Waals surface area contributed by atoms with E-state index in [0.29, 0.717) is 49.0 Å². The monoisotopic (exact) mass is 553 g/mol. The van der Waals surface area contributed by atoms with Crippen molar-refractivity contribution in [3.8, 4) is 5.75 Å². The number of fused-ring (bicyclic) bond motifs is 1. The van der Waals surface area contributed by atoms with Crippen LogP contribution in [-0.2, 0) is 16.1 Å². The van der Waals surface area contributed by atoms with Gasteiger partial charge in [0, 0.05) is 36.9 Å². The number of carbonyl (C=O) groups excluding carboxylic acids is 2. The maximum absolute atomic E-state index is 13.8. The number of halogens is 2. The molecule has 0 unspecified atom stereocenters. The fraction of sp³-hybridized carbons (Fsp3) is 0.296. The Morgan fingerprint density at radius 1 is 1.15 bits per heavy atom. The van der Waals surface area contributed by atoms with Crippen LogP contribution >= 0.6 is 0 Å². The third-order valence-corrected chi connectivity index (χ3v) is 5.80. The average Bonchev–Trinajstić information content (AvgIpc) is 3.38. The van der Waals surface area contributed by atoms with Crippen LogP contribution in [0.2, 0.25) is 0 Å². The summed E-state index contributed by atoms with van der Waals surface area (Å²) in [5.74, 6) is -2.14. The smallest absolute Gasteiger partial charge is 0.248 e. The lowest BCUT2D eigenvalue weighted by atomic mass is 10.2. The van der Waals surface area contributed by atoms with Gasteiger partial charge in [-0.2, -0.15) is 5.10 Å². The van der Waals surface area contributed by atoms with Crippen LogP contribution < -0.4 is 15.4 Å². The molecule has 0 aliphatic carbocycles. The second-order valence-corrected chi connectivity index (χ2v) is 8.86. The van der Waals surface area contributed by atoms with Crippen LogP contribution in [0.5, 0.6) is 5.75 Å². The SMILES string of the molecule is CCCN(CCCOc1ccc2cnc(Nc3cnn(CC(=O)Nc4cccc(F)c4F)c3)nc2c1)C(=O)CO. The maximum Gasteiger partial charge on any atom is 0.248 e. The lowest BCUT2D eigenvalue weighted by molar-refractivity contribution is -0.134. The van der Waals surface area contributed by atoms with E-state index in [0.717, 1.165) is 17.9 Å². The van der Waals surface area contributed by atoms with Crippen LogP contribution in [0.15, 0.2) is 55.0 Å². The van der Waals surface area contributed by atoms with E-state index in [2.05, 4.69) is 25.7 Å². The summed E-state index contributed by atoms with van der Waals surface area (Å²) in [5, 5.41) is 19.4. The molecule has 0 saturated heterocycles.